The summed E-state index contributed by atoms with van der Waals surface area (Å²) in [6, 6.07) is 4.67. The Morgan fingerprint density at radius 2 is 1.87 bits per heavy atom. The van der Waals surface area contributed by atoms with Crippen molar-refractivity contribution in [2.24, 2.45) is 0 Å². The first-order valence-corrected chi connectivity index (χ1v) is 9.72. The summed E-state index contributed by atoms with van der Waals surface area (Å²) in [6.07, 6.45) is 5.49. The van der Waals surface area contributed by atoms with E-state index in [9.17, 15) is 22.4 Å². The van der Waals surface area contributed by atoms with E-state index in [-0.39, 0.29) is 39.9 Å². The molecule has 0 unspecified atom stereocenters. The number of anilines is 1. The van der Waals surface area contributed by atoms with Crippen molar-refractivity contribution in [1.29, 1.82) is 0 Å². The van der Waals surface area contributed by atoms with E-state index in [0.29, 0.717) is 19.0 Å². The molecule has 0 aliphatic carbocycles. The van der Waals surface area contributed by atoms with Gasteiger partial charge in [0, 0.05) is 37.1 Å². The average Bonchev–Trinajstić information content (AvgIpc) is 3.36. The van der Waals surface area contributed by atoms with Crippen LogP contribution in [0, 0.1) is 23.3 Å². The maximum atomic E-state index is 14.1. The molecule has 0 saturated heterocycles. The van der Waals surface area contributed by atoms with Crippen LogP contribution in [0.5, 0.6) is 0 Å². The lowest BCUT2D eigenvalue weighted by Gasteiger charge is -2.20. The highest BCUT2D eigenvalue weighted by atomic mass is 35.5. The normalized spacial score (nSPS) is 10.8. The van der Waals surface area contributed by atoms with Crippen molar-refractivity contribution in [3.63, 3.8) is 0 Å². The number of benzene rings is 2. The van der Waals surface area contributed by atoms with Crippen molar-refractivity contribution in [3.05, 3.63) is 77.9 Å². The van der Waals surface area contributed by atoms with Crippen molar-refractivity contribution < 1.29 is 22.4 Å². The highest BCUT2D eigenvalue weighted by Gasteiger charge is 2.23. The van der Waals surface area contributed by atoms with Gasteiger partial charge in [0.15, 0.2) is 22.6 Å². The number of aryl methyl sites for hydroxylation is 1. The third-order valence-electron chi connectivity index (χ3n) is 4.40. The van der Waals surface area contributed by atoms with E-state index in [0.717, 1.165) is 35.6 Å². The van der Waals surface area contributed by atoms with Crippen LogP contribution in [-0.4, -0.2) is 27.0 Å². The Bertz CT molecular complexity index is 1220. The Morgan fingerprint density at radius 1 is 1.06 bits per heavy atom. The fourth-order valence-electron chi connectivity index (χ4n) is 2.96. The molecule has 2 aromatic carbocycles. The first-order valence-electron chi connectivity index (χ1n) is 8.90. The number of thiazole rings is 1. The summed E-state index contributed by atoms with van der Waals surface area (Å²) in [7, 11) is 0. The van der Waals surface area contributed by atoms with Gasteiger partial charge in [-0.15, -0.1) is 12.4 Å². The molecule has 11 heteroatoms. The molecule has 31 heavy (non-hydrogen) atoms. The molecule has 4 aromatic rings. The Hall–Kier alpha value is -2.98. The summed E-state index contributed by atoms with van der Waals surface area (Å²) in [6.45, 7) is 0.704. The molecule has 5 nitrogen and oxygen atoms in total. The van der Waals surface area contributed by atoms with Crippen molar-refractivity contribution in [1.82, 2.24) is 14.5 Å². The van der Waals surface area contributed by atoms with Gasteiger partial charge < -0.3 is 4.57 Å². The lowest BCUT2D eigenvalue weighted by molar-refractivity contribution is 0.0985. The molecule has 0 radical (unpaired) electrons. The minimum Gasteiger partial charge on any atom is -0.337 e. The maximum absolute atomic E-state index is 14.1. The van der Waals surface area contributed by atoms with Crippen molar-refractivity contribution >= 4 is 45.0 Å². The molecular formula is C20H15ClF4N4OS. The maximum Gasteiger partial charge on any atom is 0.260 e. The summed E-state index contributed by atoms with van der Waals surface area (Å²) in [4.78, 5) is 22.4. The van der Waals surface area contributed by atoms with E-state index in [1.807, 2.05) is 4.57 Å². The Labute approximate surface area is 184 Å². The first kappa shape index (κ1) is 22.7. The third kappa shape index (κ3) is 4.86. The van der Waals surface area contributed by atoms with Gasteiger partial charge in [-0.2, -0.15) is 0 Å². The van der Waals surface area contributed by atoms with E-state index in [4.69, 9.17) is 0 Å². The largest absolute Gasteiger partial charge is 0.337 e. The lowest BCUT2D eigenvalue weighted by Crippen LogP contribution is -2.32. The molecule has 162 valence electrons. The van der Waals surface area contributed by atoms with Crippen LogP contribution in [0.3, 0.4) is 0 Å². The second kappa shape index (κ2) is 9.44. The molecule has 0 saturated carbocycles. The summed E-state index contributed by atoms with van der Waals surface area (Å²) in [5.41, 5.74) is -0.142. The number of carbonyl (C=O) groups is 1. The van der Waals surface area contributed by atoms with Gasteiger partial charge in [-0.05, 0) is 30.7 Å². The van der Waals surface area contributed by atoms with Gasteiger partial charge in [0.1, 0.15) is 11.3 Å². The number of rotatable bonds is 6. The zero-order chi connectivity index (χ0) is 21.3. The SMILES string of the molecule is Cl.O=C(c1ccc(F)c(F)c1)N(CCCn1ccnc1)c1nc2c(F)cc(F)cc2s1. The van der Waals surface area contributed by atoms with Gasteiger partial charge >= 0.3 is 0 Å². The molecule has 4 rings (SSSR count). The second-order valence-electron chi connectivity index (χ2n) is 6.47. The molecule has 0 aliphatic heterocycles. The first-order chi connectivity index (χ1) is 14.4. The smallest absolute Gasteiger partial charge is 0.260 e. The highest BCUT2D eigenvalue weighted by molar-refractivity contribution is 7.22. The third-order valence-corrected chi connectivity index (χ3v) is 5.43. The summed E-state index contributed by atoms with van der Waals surface area (Å²) in [5.74, 6) is -4.45. The molecule has 2 heterocycles. The van der Waals surface area contributed by atoms with Crippen LogP contribution >= 0.6 is 23.7 Å². The van der Waals surface area contributed by atoms with Crippen LogP contribution in [0.4, 0.5) is 22.7 Å². The Balaban J connectivity index is 0.00000272. The summed E-state index contributed by atoms with van der Waals surface area (Å²) in [5, 5.41) is 0.134. The van der Waals surface area contributed by atoms with Crippen LogP contribution in [-0.2, 0) is 6.54 Å². The predicted octanol–water partition coefficient (Wildman–Crippen LogP) is 5.21. The summed E-state index contributed by atoms with van der Waals surface area (Å²) >= 11 is 0.939. The van der Waals surface area contributed by atoms with Crippen molar-refractivity contribution in [2.45, 2.75) is 13.0 Å². The minimum absolute atomic E-state index is 0. The van der Waals surface area contributed by atoms with Gasteiger partial charge in [-0.3, -0.25) is 9.69 Å². The van der Waals surface area contributed by atoms with Gasteiger partial charge in [0.2, 0.25) is 0 Å². The second-order valence-corrected chi connectivity index (χ2v) is 7.48. The van der Waals surface area contributed by atoms with E-state index < -0.39 is 29.2 Å². The van der Waals surface area contributed by atoms with E-state index in [1.54, 1.807) is 18.7 Å². The molecule has 0 fully saturated rings. The standard InChI is InChI=1S/C20H14F4N4OS.ClH/c21-13-9-16(24)18-17(10-13)30-20(26-18)28(6-1-5-27-7-4-25-11-27)19(29)12-2-3-14(22)15(23)8-12;/h2-4,7-11H,1,5-6H2;1H. The number of carbonyl (C=O) groups excluding carboxylic acids is 1. The topological polar surface area (TPSA) is 51.0 Å². The highest BCUT2D eigenvalue weighted by Crippen LogP contribution is 2.32. The van der Waals surface area contributed by atoms with Gasteiger partial charge in [-0.1, -0.05) is 11.3 Å². The Morgan fingerprint density at radius 3 is 2.58 bits per heavy atom. The zero-order valence-corrected chi connectivity index (χ0v) is 17.4. The fourth-order valence-corrected chi connectivity index (χ4v) is 3.99. The molecule has 1 amide bonds. The monoisotopic (exact) mass is 470 g/mol. The molecule has 0 aliphatic rings. The van der Waals surface area contributed by atoms with Gasteiger partial charge in [0.05, 0.1) is 11.0 Å². The number of amides is 1. The van der Waals surface area contributed by atoms with Gasteiger partial charge in [-0.25, -0.2) is 27.5 Å². The van der Waals surface area contributed by atoms with Crippen LogP contribution in [0.1, 0.15) is 16.8 Å². The molecule has 0 atom stereocenters. The number of aromatic nitrogens is 3. The van der Waals surface area contributed by atoms with Gasteiger partial charge in [0.25, 0.3) is 5.91 Å². The zero-order valence-electron chi connectivity index (χ0n) is 15.8. The van der Waals surface area contributed by atoms with Crippen LogP contribution in [0.15, 0.2) is 49.1 Å². The average molecular weight is 471 g/mol. The molecule has 0 bridgehead atoms. The Kier molecular flexibility index (Phi) is 6.91. The minimum atomic E-state index is -1.16. The van der Waals surface area contributed by atoms with Crippen molar-refractivity contribution in [2.75, 3.05) is 11.4 Å². The molecule has 2 aromatic heterocycles. The number of imidazole rings is 1. The molecule has 0 N–H and O–H groups in total. The number of fused-ring (bicyclic) bond motifs is 1. The number of halogens is 5. The number of hydrogen-bond acceptors (Lipinski definition) is 4. The van der Waals surface area contributed by atoms with Crippen LogP contribution in [0.2, 0.25) is 0 Å². The molecule has 0 spiro atoms. The number of nitrogens with zero attached hydrogens (tertiary/aromatic N) is 4. The lowest BCUT2D eigenvalue weighted by atomic mass is 10.2. The van der Waals surface area contributed by atoms with E-state index in [1.165, 1.54) is 4.90 Å². The summed E-state index contributed by atoms with van der Waals surface area (Å²) < 4.78 is 56.6. The fraction of sp³-hybridized carbons (Fsp3) is 0.150. The predicted molar refractivity (Wildman–Crippen MR) is 112 cm³/mol. The van der Waals surface area contributed by atoms with E-state index in [2.05, 4.69) is 9.97 Å². The number of hydrogen-bond donors (Lipinski definition) is 0. The quantitative estimate of drug-likeness (QED) is 0.364. The van der Waals surface area contributed by atoms with E-state index >= 15 is 0 Å². The molecular weight excluding hydrogens is 456 g/mol. The van der Waals surface area contributed by atoms with Crippen LogP contribution in [0.25, 0.3) is 10.2 Å². The van der Waals surface area contributed by atoms with Crippen LogP contribution < -0.4 is 4.90 Å². The van der Waals surface area contributed by atoms with Crippen molar-refractivity contribution in [3.8, 4) is 0 Å².